The fourth-order valence-corrected chi connectivity index (χ4v) is 5.87. The highest BCUT2D eigenvalue weighted by Gasteiger charge is 2.57. The number of carbonyl (C=O) groups excluding carboxylic acids is 2. The molecule has 3 aliphatic heterocycles. The van der Waals surface area contributed by atoms with Gasteiger partial charge in [0, 0.05) is 18.5 Å². The van der Waals surface area contributed by atoms with Crippen molar-refractivity contribution in [3.05, 3.63) is 29.8 Å². The number of halogens is 3. The van der Waals surface area contributed by atoms with Crippen molar-refractivity contribution in [2.75, 3.05) is 32.8 Å². The predicted molar refractivity (Wildman–Crippen MR) is 99.8 cm³/mol. The smallest absolute Gasteiger partial charge is 0.447 e. The molecule has 0 unspecified atom stereocenters. The zero-order valence-corrected chi connectivity index (χ0v) is 17.1. The molecule has 3 amide bonds. The van der Waals surface area contributed by atoms with Gasteiger partial charge in [-0.1, -0.05) is 12.1 Å². The van der Waals surface area contributed by atoms with Gasteiger partial charge >= 0.3 is 17.6 Å². The van der Waals surface area contributed by atoms with Gasteiger partial charge < -0.3 is 19.9 Å². The number of sulfone groups is 1. The van der Waals surface area contributed by atoms with E-state index < -0.39 is 31.9 Å². The van der Waals surface area contributed by atoms with Crippen LogP contribution in [0.4, 0.5) is 22.8 Å². The number of hydrogen-bond donors (Lipinski definition) is 1. The van der Waals surface area contributed by atoms with Crippen molar-refractivity contribution >= 4 is 22.0 Å². The fraction of sp³-hybridized carbons (Fsp3) is 0.579. The average Bonchev–Trinajstić information content (AvgIpc) is 2.99. The second-order valence-electron chi connectivity index (χ2n) is 9.10. The number of likely N-dealkylation sites (tertiary alicyclic amines) is 2. The molecule has 5 rings (SSSR count). The Morgan fingerprint density at radius 2 is 1.65 bits per heavy atom. The minimum absolute atomic E-state index is 0.0181. The molecule has 8 nitrogen and oxygen atoms in total. The summed E-state index contributed by atoms with van der Waals surface area (Å²) in [5.41, 5.74) is -4.95. The fourth-order valence-electron chi connectivity index (χ4n) is 5.11. The molecule has 0 radical (unpaired) electrons. The van der Waals surface area contributed by atoms with E-state index in [9.17, 15) is 31.2 Å². The molecule has 1 aromatic rings. The molecular weight excluding hydrogens is 439 g/mol. The van der Waals surface area contributed by atoms with Crippen LogP contribution in [-0.4, -0.2) is 74.2 Å². The minimum Gasteiger partial charge on any atom is -0.447 e. The Bertz CT molecular complexity index is 1040. The topological polar surface area (TPSA) is 96.0 Å². The maximum atomic E-state index is 12.7. The molecule has 2 spiro atoms. The van der Waals surface area contributed by atoms with Crippen LogP contribution in [0.3, 0.4) is 0 Å². The van der Waals surface area contributed by atoms with E-state index >= 15 is 0 Å². The molecule has 4 fully saturated rings. The van der Waals surface area contributed by atoms with Gasteiger partial charge in [-0.25, -0.2) is 18.0 Å². The summed E-state index contributed by atoms with van der Waals surface area (Å²) in [5, 5.41) is 2.74. The number of nitrogens with zero attached hydrogens (tertiary/aromatic N) is 2. The molecule has 1 aromatic carbocycles. The quantitative estimate of drug-likeness (QED) is 0.731. The SMILES string of the molecule is O=C1NC2(CO1)CN(C(=O)N1CC3(CC(c4ccc(S(=O)(=O)C(F)(F)F)cc4)C3)C1)C2. The van der Waals surface area contributed by atoms with Crippen molar-refractivity contribution in [1.29, 1.82) is 0 Å². The van der Waals surface area contributed by atoms with Crippen LogP contribution in [0.25, 0.3) is 0 Å². The van der Waals surface area contributed by atoms with E-state index in [2.05, 4.69) is 5.32 Å². The first-order valence-corrected chi connectivity index (χ1v) is 11.3. The number of cyclic esters (lactones) is 1. The number of alkyl halides is 3. The number of amides is 3. The first-order chi connectivity index (χ1) is 14.4. The van der Waals surface area contributed by atoms with Crippen molar-refractivity contribution < 1.29 is 35.9 Å². The second kappa shape index (κ2) is 6.27. The second-order valence-corrected chi connectivity index (χ2v) is 11.0. The molecule has 1 N–H and O–H groups in total. The Hall–Kier alpha value is -2.50. The number of ether oxygens (including phenoxy) is 1. The molecular formula is C19H20F3N3O5S. The molecule has 0 atom stereocenters. The average molecular weight is 459 g/mol. The molecule has 0 bridgehead atoms. The minimum atomic E-state index is -5.34. The Morgan fingerprint density at radius 3 is 2.16 bits per heavy atom. The van der Waals surface area contributed by atoms with E-state index in [-0.39, 0.29) is 24.0 Å². The molecule has 12 heteroatoms. The number of alkyl carbamates (subject to hydrolysis) is 1. The number of urea groups is 1. The van der Waals surface area contributed by atoms with Gasteiger partial charge in [0.1, 0.15) is 12.1 Å². The third-order valence-electron chi connectivity index (χ3n) is 6.75. The maximum absolute atomic E-state index is 12.7. The van der Waals surface area contributed by atoms with Crippen LogP contribution >= 0.6 is 0 Å². The van der Waals surface area contributed by atoms with Crippen molar-refractivity contribution in [2.24, 2.45) is 5.41 Å². The number of benzene rings is 1. The summed E-state index contributed by atoms with van der Waals surface area (Å²) in [6.45, 7) is 2.36. The Labute approximate surface area is 176 Å². The van der Waals surface area contributed by atoms with Crippen LogP contribution in [0.1, 0.15) is 24.3 Å². The Kier molecular flexibility index (Phi) is 4.13. The monoisotopic (exact) mass is 459 g/mol. The molecule has 4 aliphatic rings. The van der Waals surface area contributed by atoms with Crippen molar-refractivity contribution in [3.63, 3.8) is 0 Å². The molecule has 3 heterocycles. The van der Waals surface area contributed by atoms with E-state index in [0.29, 0.717) is 26.2 Å². The normalized spacial score (nSPS) is 24.3. The lowest BCUT2D eigenvalue weighted by Gasteiger charge is -2.60. The van der Waals surface area contributed by atoms with Gasteiger partial charge in [-0.2, -0.15) is 13.2 Å². The lowest BCUT2D eigenvalue weighted by Crippen LogP contribution is -2.74. The van der Waals surface area contributed by atoms with Crippen LogP contribution in [-0.2, 0) is 14.6 Å². The summed E-state index contributed by atoms with van der Waals surface area (Å²) >= 11 is 0. The van der Waals surface area contributed by atoms with E-state index in [1.165, 1.54) is 12.1 Å². The first kappa shape index (κ1) is 20.4. The zero-order valence-electron chi connectivity index (χ0n) is 16.3. The Balaban J connectivity index is 1.12. The van der Waals surface area contributed by atoms with Crippen LogP contribution in [0, 0.1) is 5.41 Å². The van der Waals surface area contributed by atoms with Gasteiger partial charge in [-0.3, -0.25) is 0 Å². The van der Waals surface area contributed by atoms with E-state index in [4.69, 9.17) is 4.74 Å². The van der Waals surface area contributed by atoms with Crippen LogP contribution in [0.15, 0.2) is 29.2 Å². The molecule has 168 valence electrons. The lowest BCUT2D eigenvalue weighted by atomic mass is 9.56. The number of nitrogens with one attached hydrogen (secondary N) is 1. The van der Waals surface area contributed by atoms with E-state index in [0.717, 1.165) is 30.5 Å². The molecule has 1 saturated carbocycles. The van der Waals surface area contributed by atoms with Crippen molar-refractivity contribution in [3.8, 4) is 0 Å². The molecule has 0 aromatic heterocycles. The third-order valence-corrected chi connectivity index (χ3v) is 8.25. The maximum Gasteiger partial charge on any atom is 0.501 e. The summed E-state index contributed by atoms with van der Waals surface area (Å²) in [4.78, 5) is 26.5. The highest BCUT2D eigenvalue weighted by molar-refractivity contribution is 7.92. The first-order valence-electron chi connectivity index (χ1n) is 9.82. The summed E-state index contributed by atoms with van der Waals surface area (Å²) in [6.07, 6.45) is 1.14. The molecule has 3 saturated heterocycles. The third kappa shape index (κ3) is 3.14. The van der Waals surface area contributed by atoms with E-state index in [1.54, 1.807) is 9.80 Å². The molecule has 1 aliphatic carbocycles. The van der Waals surface area contributed by atoms with Crippen molar-refractivity contribution in [1.82, 2.24) is 15.1 Å². The van der Waals surface area contributed by atoms with Gasteiger partial charge in [0.2, 0.25) is 0 Å². The van der Waals surface area contributed by atoms with Crippen LogP contribution in [0.2, 0.25) is 0 Å². The van der Waals surface area contributed by atoms with Gasteiger partial charge in [-0.05, 0) is 36.5 Å². The molecule has 31 heavy (non-hydrogen) atoms. The van der Waals surface area contributed by atoms with Crippen LogP contribution in [0.5, 0.6) is 0 Å². The largest absolute Gasteiger partial charge is 0.501 e. The van der Waals surface area contributed by atoms with Gasteiger partial charge in [0.25, 0.3) is 9.84 Å². The van der Waals surface area contributed by atoms with Gasteiger partial charge in [0.05, 0.1) is 18.0 Å². The standard InChI is InChI=1S/C19H20F3N3O5S/c20-19(21,22)31(28,29)14-3-1-12(2-4-14)13-5-17(6-13)7-24(8-17)16(27)25-9-18(10-25)11-30-15(26)23-18/h1-4,13H,5-11H2,(H,23,26). The Morgan fingerprint density at radius 1 is 1.06 bits per heavy atom. The zero-order chi connectivity index (χ0) is 22.2. The highest BCUT2D eigenvalue weighted by atomic mass is 32.2. The number of hydrogen-bond acceptors (Lipinski definition) is 5. The highest BCUT2D eigenvalue weighted by Crippen LogP contribution is 2.56. The summed E-state index contributed by atoms with van der Waals surface area (Å²) in [6, 6.07) is 4.82. The van der Waals surface area contributed by atoms with Gasteiger partial charge in [0.15, 0.2) is 0 Å². The summed E-state index contributed by atoms with van der Waals surface area (Å²) in [5.74, 6) is 0.137. The van der Waals surface area contributed by atoms with Crippen LogP contribution < -0.4 is 5.32 Å². The van der Waals surface area contributed by atoms with Gasteiger partial charge in [-0.15, -0.1) is 0 Å². The van der Waals surface area contributed by atoms with Crippen molar-refractivity contribution in [2.45, 2.75) is 34.7 Å². The predicted octanol–water partition coefficient (Wildman–Crippen LogP) is 2.07. The number of rotatable bonds is 2. The summed E-state index contributed by atoms with van der Waals surface area (Å²) in [7, 11) is -5.34. The summed E-state index contributed by atoms with van der Waals surface area (Å²) < 4.78 is 65.8. The number of carbonyl (C=O) groups is 2. The lowest BCUT2D eigenvalue weighted by molar-refractivity contribution is -0.0636. The van der Waals surface area contributed by atoms with E-state index in [1.807, 2.05) is 0 Å².